The quantitative estimate of drug-likeness (QED) is 0.392. The van der Waals surface area contributed by atoms with Crippen molar-refractivity contribution in [1.29, 1.82) is 0 Å². The normalized spacial score (nSPS) is 11.5. The van der Waals surface area contributed by atoms with Crippen molar-refractivity contribution < 1.29 is 9.94 Å². The molecule has 2 rings (SSSR count). The molecule has 5 heteroatoms. The van der Waals surface area contributed by atoms with Gasteiger partial charge in [-0.15, -0.1) is 0 Å². The molecule has 1 aromatic heterocycles. The molecule has 0 aliphatic heterocycles. The molecule has 0 fully saturated rings. The Morgan fingerprint density at radius 2 is 1.95 bits per heavy atom. The van der Waals surface area contributed by atoms with Gasteiger partial charge in [0.2, 0.25) is 0 Å². The number of oxime groups is 1. The van der Waals surface area contributed by atoms with Crippen LogP contribution < -0.4 is 10.5 Å². The molecular weight excluding hydrogens is 266 g/mol. The molecule has 0 radical (unpaired) electrons. The summed E-state index contributed by atoms with van der Waals surface area (Å²) in [6, 6.07) is 7.75. The largest absolute Gasteiger partial charge is 0.488 e. The Kier molecular flexibility index (Phi) is 4.42. The highest BCUT2D eigenvalue weighted by molar-refractivity contribution is 5.96. The first-order valence-electron chi connectivity index (χ1n) is 6.66. The van der Waals surface area contributed by atoms with E-state index in [1.807, 2.05) is 32.9 Å². The van der Waals surface area contributed by atoms with Crippen molar-refractivity contribution in [2.75, 3.05) is 0 Å². The van der Waals surface area contributed by atoms with Gasteiger partial charge in [0, 0.05) is 11.8 Å². The van der Waals surface area contributed by atoms with E-state index in [9.17, 15) is 0 Å². The highest BCUT2D eigenvalue weighted by atomic mass is 16.5. The van der Waals surface area contributed by atoms with E-state index in [2.05, 4.69) is 16.2 Å². The second kappa shape index (κ2) is 6.26. The summed E-state index contributed by atoms with van der Waals surface area (Å²) in [6.45, 7) is 6.40. The Morgan fingerprint density at radius 3 is 2.67 bits per heavy atom. The molecule has 0 aliphatic rings. The van der Waals surface area contributed by atoms with Crippen molar-refractivity contribution >= 4 is 5.84 Å². The van der Waals surface area contributed by atoms with E-state index in [0.29, 0.717) is 12.3 Å². The van der Waals surface area contributed by atoms with Gasteiger partial charge in [0.1, 0.15) is 18.1 Å². The summed E-state index contributed by atoms with van der Waals surface area (Å²) < 4.78 is 5.94. The molecule has 1 aromatic carbocycles. The van der Waals surface area contributed by atoms with Gasteiger partial charge in [-0.3, -0.25) is 4.98 Å². The molecule has 0 aliphatic carbocycles. The number of benzene rings is 1. The van der Waals surface area contributed by atoms with Crippen LogP contribution in [0.4, 0.5) is 0 Å². The molecule has 0 amide bonds. The van der Waals surface area contributed by atoms with Crippen LogP contribution in [-0.2, 0) is 6.61 Å². The van der Waals surface area contributed by atoms with Gasteiger partial charge in [0.25, 0.3) is 0 Å². The van der Waals surface area contributed by atoms with Crippen LogP contribution in [0.3, 0.4) is 0 Å². The van der Waals surface area contributed by atoms with Crippen LogP contribution in [0.5, 0.6) is 5.75 Å². The first-order valence-corrected chi connectivity index (χ1v) is 6.66. The number of hydrogen-bond donors (Lipinski definition) is 2. The average molecular weight is 285 g/mol. The summed E-state index contributed by atoms with van der Waals surface area (Å²) in [5.74, 6) is 0.844. The standard InChI is InChI=1S/C16H19N3O2/c1-10-6-7-11(2)15(12(10)3)21-9-13-5-4-8-18-14(13)16(17)19-20/h4-8,20H,9H2,1-3H3,(H2,17,19). The van der Waals surface area contributed by atoms with Crippen LogP contribution in [0.1, 0.15) is 27.9 Å². The van der Waals surface area contributed by atoms with E-state index in [-0.39, 0.29) is 5.84 Å². The second-order valence-corrected chi connectivity index (χ2v) is 4.94. The number of rotatable bonds is 4. The van der Waals surface area contributed by atoms with Crippen molar-refractivity contribution in [2.24, 2.45) is 10.9 Å². The summed E-state index contributed by atoms with van der Waals surface area (Å²) in [4.78, 5) is 4.13. The van der Waals surface area contributed by atoms with E-state index in [0.717, 1.165) is 22.4 Å². The second-order valence-electron chi connectivity index (χ2n) is 4.94. The van der Waals surface area contributed by atoms with Crippen LogP contribution in [-0.4, -0.2) is 16.0 Å². The first-order chi connectivity index (χ1) is 10.0. The maximum absolute atomic E-state index is 8.80. The van der Waals surface area contributed by atoms with E-state index in [1.165, 1.54) is 5.56 Å². The lowest BCUT2D eigenvalue weighted by atomic mass is 10.1. The topological polar surface area (TPSA) is 80.7 Å². The Morgan fingerprint density at radius 1 is 1.24 bits per heavy atom. The highest BCUT2D eigenvalue weighted by Gasteiger charge is 2.11. The fraction of sp³-hybridized carbons (Fsp3) is 0.250. The van der Waals surface area contributed by atoms with Gasteiger partial charge < -0.3 is 15.7 Å². The maximum Gasteiger partial charge on any atom is 0.189 e. The molecule has 0 spiro atoms. The van der Waals surface area contributed by atoms with Crippen LogP contribution in [0.2, 0.25) is 0 Å². The zero-order chi connectivity index (χ0) is 15.4. The number of nitrogens with zero attached hydrogens (tertiary/aromatic N) is 2. The van der Waals surface area contributed by atoms with E-state index >= 15 is 0 Å². The van der Waals surface area contributed by atoms with Gasteiger partial charge >= 0.3 is 0 Å². The Bertz CT molecular complexity index is 681. The molecule has 5 nitrogen and oxygen atoms in total. The van der Waals surface area contributed by atoms with Gasteiger partial charge in [-0.25, -0.2) is 0 Å². The summed E-state index contributed by atoms with van der Waals surface area (Å²) >= 11 is 0. The third kappa shape index (κ3) is 3.13. The maximum atomic E-state index is 8.80. The molecule has 0 atom stereocenters. The van der Waals surface area contributed by atoms with Crippen LogP contribution in [0.25, 0.3) is 0 Å². The lowest BCUT2D eigenvalue weighted by Gasteiger charge is -2.15. The van der Waals surface area contributed by atoms with Crippen molar-refractivity contribution in [2.45, 2.75) is 27.4 Å². The smallest absolute Gasteiger partial charge is 0.189 e. The number of hydrogen-bond acceptors (Lipinski definition) is 4. The monoisotopic (exact) mass is 285 g/mol. The summed E-state index contributed by atoms with van der Waals surface area (Å²) in [5, 5.41) is 11.8. The molecule has 1 heterocycles. The molecule has 2 aromatic rings. The van der Waals surface area contributed by atoms with E-state index in [4.69, 9.17) is 15.7 Å². The molecule has 110 valence electrons. The van der Waals surface area contributed by atoms with Gasteiger partial charge in [0.05, 0.1) is 0 Å². The van der Waals surface area contributed by atoms with Crippen molar-refractivity contribution in [3.8, 4) is 5.75 Å². The molecule has 0 unspecified atom stereocenters. The van der Waals surface area contributed by atoms with Crippen molar-refractivity contribution in [3.05, 3.63) is 58.4 Å². The van der Waals surface area contributed by atoms with Gasteiger partial charge in [-0.2, -0.15) is 0 Å². The van der Waals surface area contributed by atoms with Crippen LogP contribution >= 0.6 is 0 Å². The fourth-order valence-electron chi connectivity index (χ4n) is 2.13. The Hall–Kier alpha value is -2.56. The molecule has 21 heavy (non-hydrogen) atoms. The number of nitrogens with two attached hydrogens (primary N) is 1. The summed E-state index contributed by atoms with van der Waals surface area (Å²) in [7, 11) is 0. The van der Waals surface area contributed by atoms with E-state index < -0.39 is 0 Å². The zero-order valence-corrected chi connectivity index (χ0v) is 12.4. The number of aromatic nitrogens is 1. The molecule has 0 saturated heterocycles. The molecule has 3 N–H and O–H groups in total. The number of amidine groups is 1. The average Bonchev–Trinajstić information content (AvgIpc) is 2.50. The third-order valence-electron chi connectivity index (χ3n) is 3.49. The molecular formula is C16H19N3O2. The summed E-state index contributed by atoms with van der Waals surface area (Å²) in [6.07, 6.45) is 1.60. The number of ether oxygens (including phenoxy) is 1. The predicted molar refractivity (Wildman–Crippen MR) is 81.7 cm³/mol. The minimum absolute atomic E-state index is 0.0214. The first kappa shape index (κ1) is 14.8. The SMILES string of the molecule is Cc1ccc(C)c(OCc2cccnc2C(N)=NO)c1C. The molecule has 0 saturated carbocycles. The summed E-state index contributed by atoms with van der Waals surface area (Å²) in [5.41, 5.74) is 10.2. The highest BCUT2D eigenvalue weighted by Crippen LogP contribution is 2.26. The lowest BCUT2D eigenvalue weighted by Crippen LogP contribution is -2.18. The van der Waals surface area contributed by atoms with Gasteiger partial charge in [-0.05, 0) is 43.5 Å². The van der Waals surface area contributed by atoms with Crippen LogP contribution in [0.15, 0.2) is 35.6 Å². The van der Waals surface area contributed by atoms with E-state index in [1.54, 1.807) is 12.3 Å². The number of pyridine rings is 1. The van der Waals surface area contributed by atoms with Crippen molar-refractivity contribution in [3.63, 3.8) is 0 Å². The Balaban J connectivity index is 2.28. The Labute approximate surface area is 124 Å². The van der Waals surface area contributed by atoms with Crippen LogP contribution in [0, 0.1) is 20.8 Å². The predicted octanol–water partition coefficient (Wildman–Crippen LogP) is 2.68. The molecule has 0 bridgehead atoms. The zero-order valence-electron chi connectivity index (χ0n) is 12.4. The minimum Gasteiger partial charge on any atom is -0.488 e. The lowest BCUT2D eigenvalue weighted by molar-refractivity contribution is 0.300. The van der Waals surface area contributed by atoms with Gasteiger partial charge in [0.15, 0.2) is 5.84 Å². The minimum atomic E-state index is -0.0214. The fourth-order valence-corrected chi connectivity index (χ4v) is 2.13. The van der Waals surface area contributed by atoms with Gasteiger partial charge in [-0.1, -0.05) is 23.4 Å². The van der Waals surface area contributed by atoms with Crippen molar-refractivity contribution in [1.82, 2.24) is 4.98 Å². The number of aryl methyl sites for hydroxylation is 2. The third-order valence-corrected chi connectivity index (χ3v) is 3.49.